The molecule has 214 valence electrons. The molecule has 9 rings (SSSR count). The van der Waals surface area contributed by atoms with E-state index in [9.17, 15) is 14.7 Å². The fraction of sp³-hybridized carbons (Fsp3) is 0.697. The van der Waals surface area contributed by atoms with Gasteiger partial charge in [-0.3, -0.25) is 4.79 Å². The second-order valence-electron chi connectivity index (χ2n) is 14.5. The van der Waals surface area contributed by atoms with Crippen molar-refractivity contribution in [1.29, 1.82) is 0 Å². The minimum atomic E-state index is -0.560. The van der Waals surface area contributed by atoms with Crippen LogP contribution in [0.5, 0.6) is 0 Å². The molecule has 8 aliphatic rings. The monoisotopic (exact) mass is 547 g/mol. The van der Waals surface area contributed by atoms with Crippen LogP contribution >= 0.6 is 0 Å². The summed E-state index contributed by atoms with van der Waals surface area (Å²) in [5.41, 5.74) is -0.808. The molecule has 3 spiro atoms. The van der Waals surface area contributed by atoms with Crippen LogP contribution in [0.3, 0.4) is 0 Å². The van der Waals surface area contributed by atoms with Gasteiger partial charge in [-0.25, -0.2) is 4.79 Å². The Morgan fingerprint density at radius 2 is 1.88 bits per heavy atom. The van der Waals surface area contributed by atoms with E-state index in [0.717, 1.165) is 63.5 Å². The number of nitrogens with zero attached hydrogens (tertiary/aromatic N) is 1. The molecule has 2 bridgehead atoms. The molecule has 40 heavy (non-hydrogen) atoms. The van der Waals surface area contributed by atoms with Crippen LogP contribution < -0.4 is 0 Å². The molecular formula is C33H41NO6. The van der Waals surface area contributed by atoms with Crippen LogP contribution in [0, 0.1) is 33.5 Å². The van der Waals surface area contributed by atoms with Gasteiger partial charge >= 0.3 is 6.09 Å². The number of aliphatic hydroxyl groups is 1. The number of ether oxygens (including phenoxy) is 2. The third kappa shape index (κ3) is 2.93. The lowest BCUT2D eigenvalue weighted by atomic mass is 9.32. The first-order valence-corrected chi connectivity index (χ1v) is 15.5. The highest BCUT2D eigenvalue weighted by atomic mass is 16.6. The first-order valence-electron chi connectivity index (χ1n) is 15.5. The molecule has 7 heteroatoms. The Kier molecular flexibility index (Phi) is 5.15. The van der Waals surface area contributed by atoms with E-state index in [0.29, 0.717) is 25.3 Å². The normalized spacial score (nSPS) is 48.6. The molecule has 1 N–H and O–H groups in total. The van der Waals surface area contributed by atoms with Crippen LogP contribution in [-0.4, -0.2) is 59.4 Å². The number of carbonyl (C=O) groups excluding carboxylic acids is 2. The van der Waals surface area contributed by atoms with Crippen molar-refractivity contribution in [3.05, 3.63) is 48.0 Å². The molecule has 7 nitrogen and oxygen atoms in total. The summed E-state index contributed by atoms with van der Waals surface area (Å²) in [5, 5.41) is 10.8. The van der Waals surface area contributed by atoms with E-state index in [1.54, 1.807) is 18.4 Å². The standard InChI is InChI=1S/C33H41NO6/c1-29-10-7-21(35)17-31(29)13-14-33(23(18-31)27(36)24-6-4-16-39-24)25(29)8-11-30(2)26(33)9-12-32(30)20-34(28(37)40-32)19-22-5-3-15-38-22/h4,6,13-14,16,18,21-22,25-26,35H,3,5,7-12,15,17,19-20H2,1-2H3/t21-,22+,25+,26+,29+,30-,31-,32+,33+/m0/s1. The Bertz CT molecular complexity index is 1310. The summed E-state index contributed by atoms with van der Waals surface area (Å²) in [6, 6.07) is 3.55. The lowest BCUT2D eigenvalue weighted by Gasteiger charge is -2.71. The van der Waals surface area contributed by atoms with E-state index in [-0.39, 0.29) is 52.2 Å². The van der Waals surface area contributed by atoms with Crippen LogP contribution in [0.15, 0.2) is 46.6 Å². The van der Waals surface area contributed by atoms with E-state index < -0.39 is 11.0 Å². The van der Waals surface area contributed by atoms with E-state index >= 15 is 0 Å². The van der Waals surface area contributed by atoms with Crippen molar-refractivity contribution < 1.29 is 28.6 Å². The zero-order valence-corrected chi connectivity index (χ0v) is 23.7. The first-order chi connectivity index (χ1) is 19.2. The van der Waals surface area contributed by atoms with E-state index in [2.05, 4.69) is 32.1 Å². The Labute approximate surface area is 235 Å². The molecule has 1 aromatic rings. The van der Waals surface area contributed by atoms with Crippen molar-refractivity contribution in [1.82, 2.24) is 4.90 Å². The van der Waals surface area contributed by atoms with E-state index in [1.165, 1.54) is 0 Å². The summed E-state index contributed by atoms with van der Waals surface area (Å²) < 4.78 is 18.0. The average Bonchev–Trinajstić information content (AvgIpc) is 3.73. The van der Waals surface area contributed by atoms with Gasteiger partial charge < -0.3 is 23.9 Å². The molecule has 0 aromatic carbocycles. The maximum Gasteiger partial charge on any atom is 0.410 e. The number of fused-ring (bicyclic) bond motifs is 2. The SMILES string of the molecule is C[C@]12CC[C@H]3[C@]4(C=C[C@@]5(C=C4C(=O)c4ccco4)C[C@@H](O)CC[C@]35C)[C@@H]1CC[C@@]21CN(C[C@H]2CCCO2)C(=O)O1. The predicted molar refractivity (Wildman–Crippen MR) is 146 cm³/mol. The molecule has 0 unspecified atom stereocenters. The van der Waals surface area contributed by atoms with Crippen molar-refractivity contribution >= 4 is 11.9 Å². The predicted octanol–water partition coefficient (Wildman–Crippen LogP) is 5.69. The van der Waals surface area contributed by atoms with Crippen molar-refractivity contribution in [3.63, 3.8) is 0 Å². The summed E-state index contributed by atoms with van der Waals surface area (Å²) in [7, 11) is 0. The smallest absolute Gasteiger partial charge is 0.410 e. The summed E-state index contributed by atoms with van der Waals surface area (Å²) in [5.74, 6) is 0.793. The maximum absolute atomic E-state index is 14.3. The highest BCUT2D eigenvalue weighted by Gasteiger charge is 2.76. The van der Waals surface area contributed by atoms with E-state index in [1.807, 2.05) is 4.90 Å². The zero-order chi connectivity index (χ0) is 27.5. The van der Waals surface area contributed by atoms with Crippen molar-refractivity contribution in [2.75, 3.05) is 19.7 Å². The summed E-state index contributed by atoms with van der Waals surface area (Å²) in [4.78, 5) is 29.5. The number of aliphatic hydroxyl groups excluding tert-OH is 1. The first kappa shape index (κ1) is 25.3. The van der Waals surface area contributed by atoms with Crippen molar-refractivity contribution in [2.24, 2.45) is 33.5 Å². The van der Waals surface area contributed by atoms with Gasteiger partial charge in [0, 0.05) is 28.4 Å². The lowest BCUT2D eigenvalue weighted by Crippen LogP contribution is -2.67. The topological polar surface area (TPSA) is 89.2 Å². The van der Waals surface area contributed by atoms with Crippen LogP contribution in [-0.2, 0) is 9.47 Å². The number of ketones is 1. The molecule has 0 radical (unpaired) electrons. The highest BCUT2D eigenvalue weighted by Crippen LogP contribution is 2.79. The van der Waals surface area contributed by atoms with Gasteiger partial charge in [-0.1, -0.05) is 32.1 Å². The Morgan fingerprint density at radius 1 is 1.07 bits per heavy atom. The number of allylic oxidation sites excluding steroid dienone is 4. The van der Waals surface area contributed by atoms with Crippen LogP contribution in [0.4, 0.5) is 4.79 Å². The number of Topliss-reactive ketones (excluding diaryl/α,β-unsaturated/α-hetero) is 1. The number of furan rings is 1. The van der Waals surface area contributed by atoms with E-state index in [4.69, 9.17) is 13.9 Å². The number of hydrogen-bond acceptors (Lipinski definition) is 6. The van der Waals surface area contributed by atoms with Gasteiger partial charge in [0.2, 0.25) is 5.78 Å². The van der Waals surface area contributed by atoms with Gasteiger partial charge in [0.25, 0.3) is 0 Å². The molecule has 1 amide bonds. The summed E-state index contributed by atoms with van der Waals surface area (Å²) in [6.45, 7) is 6.72. The van der Waals surface area contributed by atoms with Gasteiger partial charge in [-0.05, 0) is 87.2 Å². The lowest BCUT2D eigenvalue weighted by molar-refractivity contribution is -0.164. The molecule has 1 aromatic heterocycles. The number of hydrogen-bond donors (Lipinski definition) is 1. The quantitative estimate of drug-likeness (QED) is 0.385. The molecular weight excluding hydrogens is 506 g/mol. The van der Waals surface area contributed by atoms with Crippen molar-refractivity contribution in [3.8, 4) is 0 Å². The minimum Gasteiger partial charge on any atom is -0.461 e. The van der Waals surface area contributed by atoms with Crippen LogP contribution in [0.1, 0.15) is 82.2 Å². The molecule has 9 atom stereocenters. The third-order valence-electron chi connectivity index (χ3n) is 13.1. The van der Waals surface area contributed by atoms with Gasteiger partial charge in [0.05, 0.1) is 31.6 Å². The fourth-order valence-corrected chi connectivity index (χ4v) is 11.1. The number of carbonyl (C=O) groups is 2. The molecule has 3 saturated carbocycles. The summed E-state index contributed by atoms with van der Waals surface area (Å²) >= 11 is 0. The summed E-state index contributed by atoms with van der Waals surface area (Å²) in [6.07, 6.45) is 16.2. The van der Waals surface area contributed by atoms with Gasteiger partial charge in [0.15, 0.2) is 5.76 Å². The third-order valence-corrected chi connectivity index (χ3v) is 13.1. The Balaban J connectivity index is 1.23. The maximum atomic E-state index is 14.3. The zero-order valence-electron chi connectivity index (χ0n) is 23.7. The minimum absolute atomic E-state index is 0.0329. The van der Waals surface area contributed by atoms with Crippen LogP contribution in [0.25, 0.3) is 0 Å². The van der Waals surface area contributed by atoms with Gasteiger partial charge in [-0.2, -0.15) is 0 Å². The molecule has 3 heterocycles. The second-order valence-corrected chi connectivity index (χ2v) is 14.5. The molecule has 2 aliphatic heterocycles. The molecule has 5 fully saturated rings. The Hall–Kier alpha value is -2.38. The molecule has 2 saturated heterocycles. The van der Waals surface area contributed by atoms with Crippen molar-refractivity contribution in [2.45, 2.75) is 89.4 Å². The molecule has 6 aliphatic carbocycles. The Morgan fingerprint density at radius 3 is 2.65 bits per heavy atom. The second kappa shape index (κ2) is 8.13. The number of amides is 1. The fourth-order valence-electron chi connectivity index (χ4n) is 11.1. The van der Waals surface area contributed by atoms with Gasteiger partial charge in [0.1, 0.15) is 5.60 Å². The number of rotatable bonds is 4. The van der Waals surface area contributed by atoms with Gasteiger partial charge in [-0.15, -0.1) is 0 Å². The largest absolute Gasteiger partial charge is 0.461 e. The highest BCUT2D eigenvalue weighted by molar-refractivity contribution is 6.08. The average molecular weight is 548 g/mol. The van der Waals surface area contributed by atoms with Crippen LogP contribution in [0.2, 0.25) is 0 Å².